The molecular formula is C25H28N4O3. The van der Waals surface area contributed by atoms with Crippen molar-refractivity contribution < 1.29 is 14.7 Å². The summed E-state index contributed by atoms with van der Waals surface area (Å²) in [6, 6.07) is 12.7. The largest absolute Gasteiger partial charge is 0.505 e. The van der Waals surface area contributed by atoms with Gasteiger partial charge in [-0.05, 0) is 50.7 Å². The van der Waals surface area contributed by atoms with Gasteiger partial charge >= 0.3 is 0 Å². The Kier molecular flexibility index (Phi) is 5.84. The molecule has 0 radical (unpaired) electrons. The van der Waals surface area contributed by atoms with E-state index in [9.17, 15) is 14.7 Å². The van der Waals surface area contributed by atoms with E-state index in [1.54, 1.807) is 22.4 Å². The fourth-order valence-electron chi connectivity index (χ4n) is 4.23. The summed E-state index contributed by atoms with van der Waals surface area (Å²) in [6.07, 6.45) is 2.68. The maximum absolute atomic E-state index is 13.2. The molecule has 1 aliphatic rings. The second-order valence-corrected chi connectivity index (χ2v) is 8.37. The van der Waals surface area contributed by atoms with Crippen molar-refractivity contribution in [3.8, 4) is 0 Å². The second kappa shape index (κ2) is 8.59. The molecule has 3 aromatic rings. The van der Waals surface area contributed by atoms with E-state index in [2.05, 4.69) is 11.9 Å². The quantitative estimate of drug-likeness (QED) is 0.368. The zero-order valence-electron chi connectivity index (χ0n) is 18.9. The molecule has 7 heteroatoms. The maximum atomic E-state index is 13.2. The molecule has 3 heterocycles. The highest BCUT2D eigenvalue weighted by molar-refractivity contribution is 6.46. The minimum Gasteiger partial charge on any atom is -0.505 e. The van der Waals surface area contributed by atoms with Gasteiger partial charge < -0.3 is 14.9 Å². The maximum Gasteiger partial charge on any atom is 0.295 e. The summed E-state index contributed by atoms with van der Waals surface area (Å²) >= 11 is 0. The summed E-state index contributed by atoms with van der Waals surface area (Å²) in [7, 11) is 3.84. The van der Waals surface area contributed by atoms with Crippen LogP contribution in [0.2, 0.25) is 0 Å². The number of ketones is 1. The molecule has 1 saturated heterocycles. The highest BCUT2D eigenvalue weighted by atomic mass is 16.3. The van der Waals surface area contributed by atoms with Gasteiger partial charge in [-0.25, -0.2) is 4.98 Å². The molecule has 1 aliphatic heterocycles. The lowest BCUT2D eigenvalue weighted by atomic mass is 9.95. The number of imidazole rings is 1. The molecule has 7 nitrogen and oxygen atoms in total. The third-order valence-corrected chi connectivity index (χ3v) is 5.96. The number of aliphatic hydroxyl groups is 1. The number of amides is 1. The first-order valence-electron chi connectivity index (χ1n) is 10.8. The van der Waals surface area contributed by atoms with Gasteiger partial charge in [0.05, 0.1) is 17.3 Å². The number of pyridine rings is 1. The van der Waals surface area contributed by atoms with Crippen molar-refractivity contribution in [2.45, 2.75) is 26.3 Å². The van der Waals surface area contributed by atoms with E-state index < -0.39 is 17.7 Å². The highest BCUT2D eigenvalue weighted by Gasteiger charge is 2.46. The van der Waals surface area contributed by atoms with Gasteiger partial charge in [0.25, 0.3) is 11.7 Å². The van der Waals surface area contributed by atoms with Crippen molar-refractivity contribution in [2.75, 3.05) is 27.2 Å². The third-order valence-electron chi connectivity index (χ3n) is 5.96. The lowest BCUT2D eigenvalue weighted by Crippen LogP contribution is -2.35. The fraction of sp³-hybridized carbons (Fsp3) is 0.320. The Labute approximate surface area is 187 Å². The Hall–Kier alpha value is -3.45. The van der Waals surface area contributed by atoms with E-state index in [0.29, 0.717) is 30.1 Å². The minimum absolute atomic E-state index is 0.103. The summed E-state index contributed by atoms with van der Waals surface area (Å²) in [5, 5.41) is 11.4. The monoisotopic (exact) mass is 432 g/mol. The van der Waals surface area contributed by atoms with Gasteiger partial charge in [-0.2, -0.15) is 0 Å². The van der Waals surface area contributed by atoms with Crippen LogP contribution >= 0.6 is 0 Å². The van der Waals surface area contributed by atoms with Gasteiger partial charge in [0.1, 0.15) is 11.3 Å². The molecule has 1 amide bonds. The molecule has 1 fully saturated rings. The molecule has 2 aromatic heterocycles. The molecule has 1 unspecified atom stereocenters. The van der Waals surface area contributed by atoms with Crippen molar-refractivity contribution in [3.05, 3.63) is 76.7 Å². The van der Waals surface area contributed by atoms with E-state index in [1.807, 2.05) is 61.5 Å². The number of carbonyl (C=O) groups is 2. The van der Waals surface area contributed by atoms with Crippen LogP contribution in [0.25, 0.3) is 11.4 Å². The van der Waals surface area contributed by atoms with Crippen LogP contribution in [0.1, 0.15) is 35.5 Å². The average molecular weight is 433 g/mol. The topological polar surface area (TPSA) is 78.1 Å². The Balaban J connectivity index is 1.91. The van der Waals surface area contributed by atoms with Crippen LogP contribution < -0.4 is 0 Å². The molecule has 4 rings (SSSR count). The fourth-order valence-corrected chi connectivity index (χ4v) is 4.23. The first kappa shape index (κ1) is 21.8. The summed E-state index contributed by atoms with van der Waals surface area (Å²) in [6.45, 7) is 4.84. The minimum atomic E-state index is -0.670. The van der Waals surface area contributed by atoms with Gasteiger partial charge in [0.2, 0.25) is 0 Å². The van der Waals surface area contributed by atoms with Crippen molar-refractivity contribution in [1.82, 2.24) is 19.2 Å². The number of rotatable bonds is 6. The van der Waals surface area contributed by atoms with Crippen molar-refractivity contribution >= 4 is 23.1 Å². The number of aromatic nitrogens is 2. The van der Waals surface area contributed by atoms with E-state index in [4.69, 9.17) is 0 Å². The van der Waals surface area contributed by atoms with Crippen LogP contribution in [-0.4, -0.2) is 63.2 Å². The number of nitrogens with zero attached hydrogens (tertiary/aromatic N) is 4. The van der Waals surface area contributed by atoms with Gasteiger partial charge in [0, 0.05) is 19.3 Å². The number of aliphatic hydroxyl groups excluding tert-OH is 1. The Bertz CT molecular complexity index is 1210. The van der Waals surface area contributed by atoms with Crippen molar-refractivity contribution in [3.63, 3.8) is 0 Å². The van der Waals surface area contributed by atoms with Crippen molar-refractivity contribution in [1.29, 1.82) is 0 Å². The van der Waals surface area contributed by atoms with E-state index >= 15 is 0 Å². The molecule has 0 bridgehead atoms. The Morgan fingerprint density at radius 1 is 1.12 bits per heavy atom. The number of Topliss-reactive ketones (excluding diaryl/α,β-unsaturated/α-hetero) is 1. The summed E-state index contributed by atoms with van der Waals surface area (Å²) in [5.41, 5.74) is 3.75. The third kappa shape index (κ3) is 3.69. The normalized spacial score (nSPS) is 18.3. The average Bonchev–Trinajstić information content (AvgIpc) is 3.25. The van der Waals surface area contributed by atoms with Crippen LogP contribution in [0.15, 0.2) is 54.2 Å². The van der Waals surface area contributed by atoms with E-state index in [0.717, 1.165) is 17.5 Å². The standard InChI is InChI=1S/C25H28N4O3/c1-5-17-9-11-18(12-10-17)22-20(24(31)25(32)29(22)15-14-27(3)4)23(30)21-16(2)26-19-8-6-7-13-28(19)21/h6-13,22,30H,5,14-15H2,1-4H3/b23-20+. The number of likely N-dealkylation sites (tertiary alicyclic amines) is 1. The smallest absolute Gasteiger partial charge is 0.295 e. The second-order valence-electron chi connectivity index (χ2n) is 8.37. The molecule has 1 aromatic carbocycles. The number of benzene rings is 1. The predicted octanol–water partition coefficient (Wildman–Crippen LogP) is 3.19. The summed E-state index contributed by atoms with van der Waals surface area (Å²) in [4.78, 5) is 34.3. The first-order valence-corrected chi connectivity index (χ1v) is 10.8. The van der Waals surface area contributed by atoms with Crippen LogP contribution in [0, 0.1) is 6.92 Å². The van der Waals surface area contributed by atoms with Gasteiger partial charge in [0.15, 0.2) is 5.76 Å². The summed E-state index contributed by atoms with van der Waals surface area (Å²) < 4.78 is 1.75. The molecule has 1 N–H and O–H groups in total. The number of hydrogen-bond acceptors (Lipinski definition) is 5. The number of aryl methyl sites for hydroxylation is 2. The number of likely N-dealkylation sites (N-methyl/N-ethyl adjacent to an activating group) is 1. The Morgan fingerprint density at radius 2 is 1.84 bits per heavy atom. The lowest BCUT2D eigenvalue weighted by Gasteiger charge is -2.26. The van der Waals surface area contributed by atoms with Crippen LogP contribution in [0.4, 0.5) is 0 Å². The van der Waals surface area contributed by atoms with Crippen LogP contribution in [-0.2, 0) is 16.0 Å². The highest BCUT2D eigenvalue weighted by Crippen LogP contribution is 2.39. The molecule has 32 heavy (non-hydrogen) atoms. The first-order chi connectivity index (χ1) is 15.3. The lowest BCUT2D eigenvalue weighted by molar-refractivity contribution is -0.140. The van der Waals surface area contributed by atoms with Gasteiger partial charge in [-0.3, -0.25) is 14.0 Å². The zero-order chi connectivity index (χ0) is 23.0. The number of carbonyl (C=O) groups excluding carboxylic acids is 2. The molecule has 166 valence electrons. The van der Waals surface area contributed by atoms with Crippen LogP contribution in [0.3, 0.4) is 0 Å². The molecular weight excluding hydrogens is 404 g/mol. The van der Waals surface area contributed by atoms with Gasteiger partial charge in [-0.1, -0.05) is 37.3 Å². The SMILES string of the molecule is CCc1ccc(C2/C(=C(\O)c3c(C)nc4ccccn34)C(=O)C(=O)N2CCN(C)C)cc1. The molecule has 1 atom stereocenters. The Morgan fingerprint density at radius 3 is 2.50 bits per heavy atom. The zero-order valence-corrected chi connectivity index (χ0v) is 18.9. The van der Waals surface area contributed by atoms with Crippen LogP contribution in [0.5, 0.6) is 0 Å². The number of fused-ring (bicyclic) bond motifs is 1. The van der Waals surface area contributed by atoms with E-state index in [1.165, 1.54) is 0 Å². The predicted molar refractivity (Wildman–Crippen MR) is 123 cm³/mol. The molecule has 0 spiro atoms. The van der Waals surface area contributed by atoms with E-state index in [-0.39, 0.29) is 11.3 Å². The van der Waals surface area contributed by atoms with Crippen molar-refractivity contribution in [2.24, 2.45) is 0 Å². The molecule has 0 saturated carbocycles. The molecule has 0 aliphatic carbocycles. The summed E-state index contributed by atoms with van der Waals surface area (Å²) in [5.74, 6) is -1.46. The van der Waals surface area contributed by atoms with Gasteiger partial charge in [-0.15, -0.1) is 0 Å². The number of hydrogen-bond donors (Lipinski definition) is 1.